The van der Waals surface area contributed by atoms with E-state index in [0.29, 0.717) is 0 Å². The summed E-state index contributed by atoms with van der Waals surface area (Å²) in [5.41, 5.74) is 25.2. The normalized spacial score (nSPS) is 11.1. The van der Waals surface area contributed by atoms with E-state index in [1.807, 2.05) is 0 Å². The van der Waals surface area contributed by atoms with Crippen molar-refractivity contribution < 1.29 is 0 Å². The largest absolute Gasteiger partial charge is 0.377 e. The summed E-state index contributed by atoms with van der Waals surface area (Å²) in [5.74, 6) is 0. The Morgan fingerprint density at radius 1 is 0.333 bits per heavy atom. The predicted octanol–water partition coefficient (Wildman–Crippen LogP) is 8.85. The van der Waals surface area contributed by atoms with Crippen LogP contribution < -0.4 is 32.1 Å². The van der Waals surface area contributed by atoms with E-state index in [4.69, 9.17) is 0 Å². The Kier molecular flexibility index (Phi) is 10.2. The number of hydrogen-bond acceptors (Lipinski definition) is 1. The number of nitrogens with zero attached hydrogens (tertiary/aromatic N) is 1. The molecule has 1 nitrogen and oxygen atoms in total. The van der Waals surface area contributed by atoms with Crippen LogP contribution in [0.2, 0.25) is 0 Å². The van der Waals surface area contributed by atoms with E-state index < -0.39 is 0 Å². The minimum atomic E-state index is -0.0154. The molecule has 0 aliphatic carbocycles. The number of aryl methyl sites for hydroxylation is 12. The molecule has 0 amide bonds. The number of hydrogen-bond donors (Lipinski definition) is 0. The van der Waals surface area contributed by atoms with Crippen molar-refractivity contribution in [3.63, 3.8) is 0 Å². The summed E-state index contributed by atoms with van der Waals surface area (Å²) in [5, 5.41) is 0. The second kappa shape index (κ2) is 14.5. The second-order valence-electron chi connectivity index (χ2n) is 15.4. The summed E-state index contributed by atoms with van der Waals surface area (Å²) >= 11 is 0. The molecule has 0 unspecified atom stereocenters. The van der Waals surface area contributed by atoms with E-state index in [-0.39, 0.29) is 13.6 Å². The van der Waals surface area contributed by atoms with Crippen LogP contribution in [0, 0.1) is 83.1 Å². The van der Waals surface area contributed by atoms with Crippen molar-refractivity contribution in [1.29, 1.82) is 0 Å². The van der Waals surface area contributed by atoms with E-state index in [1.165, 1.54) is 105 Å². The Labute approximate surface area is 309 Å². The standard InChI is InChI=1S/C48H53B2N/c1-30-22-34(5)45(35(6)23-30)49(46-36(7)24-31(2)25-37(46)8)42-18-20-44(21-19-42)51(43-16-14-13-15-17-43)50(47-38(9)26-32(3)27-39(47)10)48-40(11)28-33(4)29-41(48)12/h13-29H,1-12H3. The zero-order valence-corrected chi connectivity index (χ0v) is 32.9. The van der Waals surface area contributed by atoms with E-state index in [9.17, 15) is 0 Å². The molecule has 256 valence electrons. The van der Waals surface area contributed by atoms with Crippen LogP contribution in [0.15, 0.2) is 103 Å². The molecule has 0 aliphatic rings. The number of rotatable bonds is 8. The molecule has 6 aromatic carbocycles. The van der Waals surface area contributed by atoms with E-state index in [1.54, 1.807) is 0 Å². The molecule has 0 saturated heterocycles. The zero-order chi connectivity index (χ0) is 36.7. The van der Waals surface area contributed by atoms with Gasteiger partial charge in [-0.2, -0.15) is 0 Å². The Morgan fingerprint density at radius 2 is 0.627 bits per heavy atom. The van der Waals surface area contributed by atoms with Crippen LogP contribution in [0.4, 0.5) is 11.4 Å². The van der Waals surface area contributed by atoms with Gasteiger partial charge < -0.3 is 4.81 Å². The lowest BCUT2D eigenvalue weighted by Gasteiger charge is -2.36. The molecular formula is C48H53B2N. The van der Waals surface area contributed by atoms with Gasteiger partial charge in [-0.1, -0.05) is 162 Å². The molecule has 0 atom stereocenters. The first-order valence-corrected chi connectivity index (χ1v) is 18.5. The van der Waals surface area contributed by atoms with Gasteiger partial charge in [-0.25, -0.2) is 0 Å². The summed E-state index contributed by atoms with van der Waals surface area (Å²) < 4.78 is 0. The van der Waals surface area contributed by atoms with Crippen molar-refractivity contribution in [2.75, 3.05) is 4.81 Å². The lowest BCUT2D eigenvalue weighted by molar-refractivity contribution is 1.31. The van der Waals surface area contributed by atoms with Crippen LogP contribution in [0.25, 0.3) is 0 Å². The highest BCUT2D eigenvalue weighted by Gasteiger charge is 2.35. The lowest BCUT2D eigenvalue weighted by Crippen LogP contribution is -2.58. The van der Waals surface area contributed by atoms with Crippen LogP contribution in [0.1, 0.15) is 66.8 Å². The SMILES string of the molecule is Cc1cc(C)c(B(c2ccc(N(B(c3c(C)cc(C)cc3C)c3c(C)cc(C)cc3C)c3ccccc3)cc2)c2c(C)cc(C)cc2C)c(C)c1. The molecule has 6 rings (SSSR count). The molecule has 0 aliphatic heterocycles. The fourth-order valence-electron chi connectivity index (χ4n) is 9.28. The van der Waals surface area contributed by atoms with Gasteiger partial charge in [0.05, 0.1) is 0 Å². The van der Waals surface area contributed by atoms with Crippen LogP contribution in [0.3, 0.4) is 0 Å². The van der Waals surface area contributed by atoms with Gasteiger partial charge in [0.1, 0.15) is 0 Å². The molecule has 6 aromatic rings. The highest BCUT2D eigenvalue weighted by Crippen LogP contribution is 2.29. The van der Waals surface area contributed by atoms with Crippen LogP contribution in [0.5, 0.6) is 0 Å². The molecule has 0 saturated carbocycles. The van der Waals surface area contributed by atoms with Gasteiger partial charge in [-0.05, 0) is 118 Å². The molecule has 0 N–H and O–H groups in total. The number of anilines is 2. The average Bonchev–Trinajstić information content (AvgIpc) is 3.03. The Balaban J connectivity index is 1.62. The van der Waals surface area contributed by atoms with Crippen molar-refractivity contribution >= 4 is 52.2 Å². The third kappa shape index (κ3) is 7.09. The van der Waals surface area contributed by atoms with Gasteiger partial charge in [0.25, 0.3) is 0 Å². The van der Waals surface area contributed by atoms with Gasteiger partial charge in [0.15, 0.2) is 0 Å². The first-order chi connectivity index (χ1) is 24.2. The van der Waals surface area contributed by atoms with Crippen LogP contribution >= 0.6 is 0 Å². The topological polar surface area (TPSA) is 3.24 Å². The molecule has 0 heterocycles. The highest BCUT2D eigenvalue weighted by atomic mass is 15.1. The van der Waals surface area contributed by atoms with Crippen molar-refractivity contribution in [1.82, 2.24) is 0 Å². The van der Waals surface area contributed by atoms with Crippen LogP contribution in [-0.2, 0) is 0 Å². The fourth-order valence-corrected chi connectivity index (χ4v) is 9.28. The molecule has 0 aromatic heterocycles. The van der Waals surface area contributed by atoms with Gasteiger partial charge >= 0.3 is 6.85 Å². The maximum atomic E-state index is 2.58. The fraction of sp³-hybridized carbons (Fsp3) is 0.250. The van der Waals surface area contributed by atoms with Gasteiger partial charge in [-0.15, -0.1) is 0 Å². The molecular weight excluding hydrogens is 612 g/mol. The molecule has 3 heteroatoms. The average molecular weight is 666 g/mol. The Bertz CT molecular complexity index is 2020. The van der Waals surface area contributed by atoms with Gasteiger partial charge in [0, 0.05) is 11.4 Å². The quantitative estimate of drug-likeness (QED) is 0.147. The van der Waals surface area contributed by atoms with Crippen molar-refractivity contribution in [3.05, 3.63) is 170 Å². The molecule has 51 heavy (non-hydrogen) atoms. The Hall–Kier alpha value is -4.75. The van der Waals surface area contributed by atoms with Gasteiger partial charge in [0.2, 0.25) is 6.71 Å². The molecule has 0 fully saturated rings. The lowest BCUT2D eigenvalue weighted by atomic mass is 9.34. The van der Waals surface area contributed by atoms with Crippen molar-refractivity contribution in [2.45, 2.75) is 83.1 Å². The van der Waals surface area contributed by atoms with E-state index in [0.717, 1.165) is 0 Å². The minimum Gasteiger partial charge on any atom is -0.377 e. The third-order valence-electron chi connectivity index (χ3n) is 10.9. The molecule has 0 radical (unpaired) electrons. The Morgan fingerprint density at radius 3 is 0.961 bits per heavy atom. The molecule has 0 bridgehead atoms. The van der Waals surface area contributed by atoms with E-state index >= 15 is 0 Å². The van der Waals surface area contributed by atoms with Crippen molar-refractivity contribution in [2.24, 2.45) is 0 Å². The summed E-state index contributed by atoms with van der Waals surface area (Å²) in [4.78, 5) is 2.58. The van der Waals surface area contributed by atoms with Crippen molar-refractivity contribution in [3.8, 4) is 0 Å². The number of benzene rings is 6. The third-order valence-corrected chi connectivity index (χ3v) is 10.9. The van der Waals surface area contributed by atoms with Crippen LogP contribution in [-0.4, -0.2) is 13.6 Å². The second-order valence-corrected chi connectivity index (χ2v) is 15.4. The monoisotopic (exact) mass is 665 g/mol. The van der Waals surface area contributed by atoms with E-state index in [2.05, 4.69) is 191 Å². The summed E-state index contributed by atoms with van der Waals surface area (Å²) in [6.45, 7) is 27.2. The summed E-state index contributed by atoms with van der Waals surface area (Å²) in [6, 6.07) is 39.3. The number of para-hydroxylation sites is 1. The smallest absolute Gasteiger partial charge is 0.329 e. The minimum absolute atomic E-state index is 0.0154. The maximum Gasteiger partial charge on any atom is 0.329 e. The first-order valence-electron chi connectivity index (χ1n) is 18.5. The van der Waals surface area contributed by atoms with Gasteiger partial charge in [-0.3, -0.25) is 0 Å². The zero-order valence-electron chi connectivity index (χ0n) is 32.9. The first kappa shape index (κ1) is 36.1. The highest BCUT2D eigenvalue weighted by molar-refractivity contribution is 6.96. The summed E-state index contributed by atoms with van der Waals surface area (Å²) in [6.07, 6.45) is 0. The maximum absolute atomic E-state index is 2.58. The predicted molar refractivity (Wildman–Crippen MR) is 227 cm³/mol. The molecule has 0 spiro atoms. The summed E-state index contributed by atoms with van der Waals surface area (Å²) in [7, 11) is 0.